The molecule has 0 saturated heterocycles. The van der Waals surface area contributed by atoms with E-state index in [9.17, 15) is 0 Å². The van der Waals surface area contributed by atoms with E-state index in [1.54, 1.807) is 11.8 Å². The summed E-state index contributed by atoms with van der Waals surface area (Å²) >= 11 is 13.0. The summed E-state index contributed by atoms with van der Waals surface area (Å²) in [7, 11) is 0. The van der Waals surface area contributed by atoms with Crippen LogP contribution in [0.25, 0.3) is 0 Å². The van der Waals surface area contributed by atoms with Gasteiger partial charge in [-0.3, -0.25) is 0 Å². The van der Waals surface area contributed by atoms with Gasteiger partial charge in [0, 0.05) is 10.8 Å². The Morgan fingerprint density at radius 3 is 2.45 bits per heavy atom. The van der Waals surface area contributed by atoms with E-state index in [1.807, 2.05) is 30.3 Å². The number of benzene rings is 1. The van der Waals surface area contributed by atoms with Gasteiger partial charge in [-0.1, -0.05) is 18.2 Å². The average molecular weight is 207 g/mol. The van der Waals surface area contributed by atoms with Crippen molar-refractivity contribution in [3.05, 3.63) is 30.3 Å². The van der Waals surface area contributed by atoms with Gasteiger partial charge in [0.25, 0.3) is 0 Å². The maximum atomic E-state index is 5.83. The van der Waals surface area contributed by atoms with Crippen molar-refractivity contribution < 1.29 is 0 Å². The van der Waals surface area contributed by atoms with Crippen molar-refractivity contribution in [1.29, 1.82) is 0 Å². The van der Waals surface area contributed by atoms with Crippen LogP contribution in [0.4, 0.5) is 0 Å². The van der Waals surface area contributed by atoms with E-state index in [4.69, 9.17) is 23.2 Å². The number of halogens is 2. The molecule has 11 heavy (non-hydrogen) atoms. The fourth-order valence-electron chi connectivity index (χ4n) is 0.678. The zero-order chi connectivity index (χ0) is 8.10. The third-order valence-electron chi connectivity index (χ3n) is 1.13. The third-order valence-corrected chi connectivity index (χ3v) is 3.17. The second kappa shape index (κ2) is 4.91. The van der Waals surface area contributed by atoms with Crippen molar-refractivity contribution in [3.63, 3.8) is 0 Å². The topological polar surface area (TPSA) is 0 Å². The first kappa shape index (κ1) is 9.24. The van der Waals surface area contributed by atoms with Gasteiger partial charge < -0.3 is 0 Å². The Kier molecular flexibility index (Phi) is 4.13. The van der Waals surface area contributed by atoms with Crippen LogP contribution in [0, 0.1) is 0 Å². The Hall–Kier alpha value is 0.150. The van der Waals surface area contributed by atoms with Crippen LogP contribution >= 0.6 is 35.0 Å². The van der Waals surface area contributed by atoms with Crippen LogP contribution in [0.1, 0.15) is 0 Å². The minimum absolute atomic E-state index is 0.0286. The summed E-state index contributed by atoms with van der Waals surface area (Å²) in [6, 6.07) is 9.99. The highest BCUT2D eigenvalue weighted by Crippen LogP contribution is 2.25. The predicted octanol–water partition coefficient (Wildman–Crippen LogP) is 3.58. The van der Waals surface area contributed by atoms with E-state index >= 15 is 0 Å². The van der Waals surface area contributed by atoms with Gasteiger partial charge in [0.1, 0.15) is 0 Å². The maximum absolute atomic E-state index is 5.83. The van der Waals surface area contributed by atoms with Gasteiger partial charge in [-0.2, -0.15) is 0 Å². The lowest BCUT2D eigenvalue weighted by molar-refractivity contribution is 1.37. The zero-order valence-corrected chi connectivity index (χ0v) is 8.16. The lowest BCUT2D eigenvalue weighted by Gasteiger charge is -2.03. The molecule has 3 heteroatoms. The van der Waals surface area contributed by atoms with Gasteiger partial charge in [0.2, 0.25) is 0 Å². The molecule has 0 aliphatic rings. The lowest BCUT2D eigenvalue weighted by Crippen LogP contribution is -1.91. The van der Waals surface area contributed by atoms with Crippen LogP contribution in [0.5, 0.6) is 0 Å². The molecule has 0 aromatic heterocycles. The third kappa shape index (κ3) is 3.37. The van der Waals surface area contributed by atoms with E-state index in [1.165, 1.54) is 0 Å². The van der Waals surface area contributed by atoms with Crippen LogP contribution < -0.4 is 0 Å². The first-order valence-corrected chi connectivity index (χ1v) is 5.09. The van der Waals surface area contributed by atoms with Gasteiger partial charge in [0.15, 0.2) is 0 Å². The largest absolute Gasteiger partial charge is 0.124 e. The van der Waals surface area contributed by atoms with Gasteiger partial charge in [-0.25, -0.2) is 0 Å². The molecule has 1 rings (SSSR count). The fourth-order valence-corrected chi connectivity index (χ4v) is 1.85. The molecule has 1 aromatic rings. The van der Waals surface area contributed by atoms with Crippen molar-refractivity contribution in [1.82, 2.24) is 0 Å². The van der Waals surface area contributed by atoms with Gasteiger partial charge in [-0.15, -0.1) is 35.0 Å². The standard InChI is InChI=1S/C8H8Cl2S/c9-6-8(10)11-7-4-2-1-3-5-7/h1-5,8H,6H2. The molecular formula is C8H8Cl2S. The van der Waals surface area contributed by atoms with Crippen LogP contribution in [0.3, 0.4) is 0 Å². The first-order valence-electron chi connectivity index (χ1n) is 3.24. The molecule has 60 valence electrons. The number of rotatable bonds is 3. The van der Waals surface area contributed by atoms with Crippen LogP contribution in [0.15, 0.2) is 35.2 Å². The smallest absolute Gasteiger partial charge is 0.0970 e. The minimum Gasteiger partial charge on any atom is -0.124 e. The van der Waals surface area contributed by atoms with Crippen molar-refractivity contribution in [3.8, 4) is 0 Å². The van der Waals surface area contributed by atoms with E-state index in [0.717, 1.165) is 4.90 Å². The molecule has 0 N–H and O–H groups in total. The summed E-state index contributed by atoms with van der Waals surface area (Å²) in [5.74, 6) is 0.473. The van der Waals surface area contributed by atoms with Crippen molar-refractivity contribution in [2.45, 2.75) is 9.60 Å². The normalized spacial score (nSPS) is 12.9. The molecule has 0 aliphatic carbocycles. The van der Waals surface area contributed by atoms with E-state index in [-0.39, 0.29) is 4.71 Å². The molecule has 0 fully saturated rings. The van der Waals surface area contributed by atoms with Crippen LogP contribution in [-0.2, 0) is 0 Å². The fraction of sp³-hybridized carbons (Fsp3) is 0.250. The van der Waals surface area contributed by atoms with E-state index < -0.39 is 0 Å². The molecule has 0 bridgehead atoms. The molecule has 1 atom stereocenters. The molecule has 0 saturated carbocycles. The minimum atomic E-state index is -0.0286. The second-order valence-corrected chi connectivity index (χ2v) is 4.37. The molecule has 0 amide bonds. The highest BCUT2D eigenvalue weighted by atomic mass is 35.5. The van der Waals surface area contributed by atoms with Crippen molar-refractivity contribution >= 4 is 35.0 Å². The Morgan fingerprint density at radius 2 is 1.91 bits per heavy atom. The summed E-state index contributed by atoms with van der Waals surface area (Å²) in [6.45, 7) is 0. The Morgan fingerprint density at radius 1 is 1.27 bits per heavy atom. The Bertz CT molecular complexity index is 201. The number of alkyl halides is 2. The van der Waals surface area contributed by atoms with Crippen molar-refractivity contribution in [2.24, 2.45) is 0 Å². The SMILES string of the molecule is ClCC(Cl)Sc1ccccc1. The number of hydrogen-bond acceptors (Lipinski definition) is 1. The molecule has 0 radical (unpaired) electrons. The zero-order valence-electron chi connectivity index (χ0n) is 5.84. The van der Waals surface area contributed by atoms with Gasteiger partial charge >= 0.3 is 0 Å². The monoisotopic (exact) mass is 206 g/mol. The van der Waals surface area contributed by atoms with E-state index in [2.05, 4.69) is 0 Å². The van der Waals surface area contributed by atoms with Crippen molar-refractivity contribution in [2.75, 3.05) is 5.88 Å². The second-order valence-electron chi connectivity index (χ2n) is 2.00. The quantitative estimate of drug-likeness (QED) is 0.539. The molecule has 1 aromatic carbocycles. The van der Waals surface area contributed by atoms with E-state index in [0.29, 0.717) is 5.88 Å². The first-order chi connectivity index (χ1) is 5.33. The number of hydrogen-bond donors (Lipinski definition) is 0. The summed E-state index contributed by atoms with van der Waals surface area (Å²) in [4.78, 5) is 1.16. The maximum Gasteiger partial charge on any atom is 0.0970 e. The molecular weight excluding hydrogens is 199 g/mol. The van der Waals surface area contributed by atoms with Gasteiger partial charge in [0.05, 0.1) is 4.71 Å². The summed E-state index contributed by atoms with van der Waals surface area (Å²) in [5.41, 5.74) is 0. The Balaban J connectivity index is 2.51. The highest BCUT2D eigenvalue weighted by molar-refractivity contribution is 8.01. The van der Waals surface area contributed by atoms with Gasteiger partial charge in [-0.05, 0) is 12.1 Å². The lowest BCUT2D eigenvalue weighted by atomic mass is 10.4. The predicted molar refractivity (Wildman–Crippen MR) is 52.7 cm³/mol. The summed E-state index contributed by atoms with van der Waals surface area (Å²) in [5, 5.41) is 0. The van der Waals surface area contributed by atoms with Crippen LogP contribution in [0.2, 0.25) is 0 Å². The highest BCUT2D eigenvalue weighted by Gasteiger charge is 2.02. The van der Waals surface area contributed by atoms with Crippen LogP contribution in [-0.4, -0.2) is 10.6 Å². The molecule has 1 unspecified atom stereocenters. The average Bonchev–Trinajstić information content (AvgIpc) is 2.06. The summed E-state index contributed by atoms with van der Waals surface area (Å²) in [6.07, 6.45) is 0. The molecule has 0 nitrogen and oxygen atoms in total. The summed E-state index contributed by atoms with van der Waals surface area (Å²) < 4.78 is -0.0286. The molecule has 0 spiro atoms. The number of thioether (sulfide) groups is 1. The molecule has 0 heterocycles. The molecule has 0 aliphatic heterocycles. The Labute approximate surface area is 80.9 Å².